The quantitative estimate of drug-likeness (QED) is 0.635. The second kappa shape index (κ2) is 7.50. The van der Waals surface area contributed by atoms with Crippen molar-refractivity contribution in [3.05, 3.63) is 59.1 Å². The number of anilines is 1. The van der Waals surface area contributed by atoms with Crippen LogP contribution in [0.1, 0.15) is 18.0 Å². The van der Waals surface area contributed by atoms with Gasteiger partial charge >= 0.3 is 6.03 Å². The van der Waals surface area contributed by atoms with E-state index in [9.17, 15) is 9.59 Å². The van der Waals surface area contributed by atoms with Crippen molar-refractivity contribution in [2.24, 2.45) is 5.73 Å². The van der Waals surface area contributed by atoms with Crippen LogP contribution in [0.3, 0.4) is 0 Å². The van der Waals surface area contributed by atoms with Crippen molar-refractivity contribution in [1.29, 1.82) is 0 Å². The Bertz CT molecular complexity index is 895. The van der Waals surface area contributed by atoms with Gasteiger partial charge in [0.25, 0.3) is 0 Å². The number of halogens is 1. The number of para-hydroxylation sites is 1. The van der Waals surface area contributed by atoms with Gasteiger partial charge in [-0.15, -0.1) is 0 Å². The van der Waals surface area contributed by atoms with Gasteiger partial charge in [0.1, 0.15) is 0 Å². The number of urea groups is 1. The van der Waals surface area contributed by atoms with E-state index in [0.29, 0.717) is 15.7 Å². The minimum Gasteiger partial charge on any atom is -0.352 e. The monoisotopic (exact) mass is 374 g/mol. The second-order valence-electron chi connectivity index (χ2n) is 5.32. The third-order valence-corrected chi connectivity index (χ3v) is 4.82. The standard InChI is InChI=1S/C17H15ClN4O2S/c18-11-6-2-1-5-10(11)13(20-16(19)24)9-15(23)22-17-21-12-7-3-4-8-14(12)25-17/h1-8,13H,9H2,(H3,19,20,24)(H,21,22,23)/t13-/m0/s1. The van der Waals surface area contributed by atoms with Crippen LogP contribution >= 0.6 is 22.9 Å². The minimum absolute atomic E-state index is 0.0113. The molecule has 0 fully saturated rings. The lowest BCUT2D eigenvalue weighted by molar-refractivity contribution is -0.116. The van der Waals surface area contributed by atoms with Crippen molar-refractivity contribution in [2.75, 3.05) is 5.32 Å². The molecule has 0 aliphatic heterocycles. The van der Waals surface area contributed by atoms with Crippen molar-refractivity contribution < 1.29 is 9.59 Å². The molecule has 3 aromatic rings. The Balaban J connectivity index is 1.75. The molecule has 4 N–H and O–H groups in total. The smallest absolute Gasteiger partial charge is 0.312 e. The maximum atomic E-state index is 12.4. The summed E-state index contributed by atoms with van der Waals surface area (Å²) in [5.74, 6) is -0.294. The first kappa shape index (κ1) is 17.2. The molecule has 0 unspecified atom stereocenters. The zero-order valence-corrected chi connectivity index (χ0v) is 14.6. The first-order chi connectivity index (χ1) is 12.0. The predicted molar refractivity (Wildman–Crippen MR) is 99.8 cm³/mol. The molecule has 1 atom stereocenters. The Hall–Kier alpha value is -2.64. The highest BCUT2D eigenvalue weighted by atomic mass is 35.5. The molecule has 2 aromatic carbocycles. The number of carbonyl (C=O) groups excluding carboxylic acids is 2. The van der Waals surface area contributed by atoms with E-state index in [1.807, 2.05) is 24.3 Å². The number of nitrogens with zero attached hydrogens (tertiary/aromatic N) is 1. The average Bonchev–Trinajstić information content (AvgIpc) is 2.96. The second-order valence-corrected chi connectivity index (χ2v) is 6.76. The third kappa shape index (κ3) is 4.26. The van der Waals surface area contributed by atoms with Gasteiger partial charge < -0.3 is 16.4 Å². The summed E-state index contributed by atoms with van der Waals surface area (Å²) in [5.41, 5.74) is 6.67. The van der Waals surface area contributed by atoms with Gasteiger partial charge in [-0.05, 0) is 23.8 Å². The fraction of sp³-hybridized carbons (Fsp3) is 0.118. The van der Waals surface area contributed by atoms with Crippen molar-refractivity contribution in [2.45, 2.75) is 12.5 Å². The first-order valence-electron chi connectivity index (χ1n) is 7.49. The van der Waals surface area contributed by atoms with Crippen molar-refractivity contribution in [3.63, 3.8) is 0 Å². The van der Waals surface area contributed by atoms with E-state index in [0.717, 1.165) is 10.2 Å². The first-order valence-corrected chi connectivity index (χ1v) is 8.68. The number of hydrogen-bond acceptors (Lipinski definition) is 4. The van der Waals surface area contributed by atoms with Crippen LogP contribution in [0.25, 0.3) is 10.2 Å². The summed E-state index contributed by atoms with van der Waals surface area (Å²) in [4.78, 5) is 28.0. The molecule has 1 aromatic heterocycles. The summed E-state index contributed by atoms with van der Waals surface area (Å²) in [7, 11) is 0. The molecule has 0 saturated heterocycles. The summed E-state index contributed by atoms with van der Waals surface area (Å²) in [6.07, 6.45) is -0.0113. The van der Waals surface area contributed by atoms with Crippen molar-refractivity contribution >= 4 is 50.2 Å². The Kier molecular flexibility index (Phi) is 5.16. The molecule has 8 heteroatoms. The van der Waals surface area contributed by atoms with Crippen LogP contribution in [-0.4, -0.2) is 16.9 Å². The van der Waals surface area contributed by atoms with Gasteiger partial charge in [-0.2, -0.15) is 0 Å². The number of nitrogens with one attached hydrogen (secondary N) is 2. The van der Waals surface area contributed by atoms with E-state index in [1.54, 1.807) is 24.3 Å². The number of nitrogens with two attached hydrogens (primary N) is 1. The van der Waals surface area contributed by atoms with Crippen molar-refractivity contribution in [1.82, 2.24) is 10.3 Å². The molecule has 3 amide bonds. The molecule has 0 radical (unpaired) electrons. The van der Waals surface area contributed by atoms with Crippen molar-refractivity contribution in [3.8, 4) is 0 Å². The molecule has 0 aliphatic rings. The molecule has 0 aliphatic carbocycles. The minimum atomic E-state index is -0.724. The van der Waals surface area contributed by atoms with E-state index < -0.39 is 12.1 Å². The van der Waals surface area contributed by atoms with Gasteiger partial charge in [0.05, 0.1) is 22.7 Å². The zero-order valence-electron chi connectivity index (χ0n) is 13.0. The number of rotatable bonds is 5. The number of carbonyl (C=O) groups is 2. The van der Waals surface area contributed by atoms with E-state index in [-0.39, 0.29) is 12.3 Å². The van der Waals surface area contributed by atoms with Crippen LogP contribution < -0.4 is 16.4 Å². The highest BCUT2D eigenvalue weighted by Gasteiger charge is 2.20. The lowest BCUT2D eigenvalue weighted by Gasteiger charge is -2.18. The van der Waals surface area contributed by atoms with Gasteiger partial charge in [0.2, 0.25) is 5.91 Å². The Morgan fingerprint density at radius 1 is 1.16 bits per heavy atom. The predicted octanol–water partition coefficient (Wildman–Crippen LogP) is 3.69. The molecule has 25 heavy (non-hydrogen) atoms. The molecule has 128 valence electrons. The fourth-order valence-electron chi connectivity index (χ4n) is 2.45. The number of thiazole rings is 1. The maximum absolute atomic E-state index is 12.4. The normalized spacial score (nSPS) is 11.9. The van der Waals surface area contributed by atoms with E-state index in [1.165, 1.54) is 11.3 Å². The van der Waals surface area contributed by atoms with Crippen LogP contribution in [0.15, 0.2) is 48.5 Å². The van der Waals surface area contributed by atoms with Crippen LogP contribution in [0.5, 0.6) is 0 Å². The number of aromatic nitrogens is 1. The highest BCUT2D eigenvalue weighted by molar-refractivity contribution is 7.22. The fourth-order valence-corrected chi connectivity index (χ4v) is 3.60. The average molecular weight is 375 g/mol. The van der Waals surface area contributed by atoms with E-state index in [4.69, 9.17) is 17.3 Å². The third-order valence-electron chi connectivity index (χ3n) is 3.53. The Morgan fingerprint density at radius 2 is 1.88 bits per heavy atom. The number of benzene rings is 2. The number of hydrogen-bond donors (Lipinski definition) is 3. The largest absolute Gasteiger partial charge is 0.352 e. The molecule has 3 rings (SSSR count). The van der Waals surface area contributed by atoms with E-state index >= 15 is 0 Å². The van der Waals surface area contributed by atoms with Gasteiger partial charge in [0.15, 0.2) is 5.13 Å². The molecule has 1 heterocycles. The lowest BCUT2D eigenvalue weighted by Crippen LogP contribution is -2.35. The van der Waals surface area contributed by atoms with Gasteiger partial charge in [-0.1, -0.05) is 53.3 Å². The van der Waals surface area contributed by atoms with Gasteiger partial charge in [0, 0.05) is 5.02 Å². The molecule has 0 bridgehead atoms. The number of amides is 3. The lowest BCUT2D eigenvalue weighted by atomic mass is 10.0. The zero-order chi connectivity index (χ0) is 17.8. The van der Waals surface area contributed by atoms with Crippen LogP contribution in [-0.2, 0) is 4.79 Å². The van der Waals surface area contributed by atoms with Crippen LogP contribution in [0.4, 0.5) is 9.93 Å². The molecular formula is C17H15ClN4O2S. The summed E-state index contributed by atoms with van der Waals surface area (Å²) in [6, 6.07) is 13.3. The SMILES string of the molecule is NC(=O)N[C@@H](CC(=O)Nc1nc2ccccc2s1)c1ccccc1Cl. The van der Waals surface area contributed by atoms with E-state index in [2.05, 4.69) is 15.6 Å². The number of primary amides is 1. The number of fused-ring (bicyclic) bond motifs is 1. The topological polar surface area (TPSA) is 97.1 Å². The molecule has 0 spiro atoms. The maximum Gasteiger partial charge on any atom is 0.312 e. The van der Waals surface area contributed by atoms with Gasteiger partial charge in [-0.3, -0.25) is 4.79 Å². The van der Waals surface area contributed by atoms with Gasteiger partial charge in [-0.25, -0.2) is 9.78 Å². The Labute approximate surface area is 153 Å². The van der Waals surface area contributed by atoms with Crippen LogP contribution in [0.2, 0.25) is 5.02 Å². The molecular weight excluding hydrogens is 360 g/mol. The summed E-state index contributed by atoms with van der Waals surface area (Å²) < 4.78 is 0.982. The summed E-state index contributed by atoms with van der Waals surface area (Å²) in [5, 5.41) is 6.27. The highest BCUT2D eigenvalue weighted by Crippen LogP contribution is 2.28. The molecule has 0 saturated carbocycles. The Morgan fingerprint density at radius 3 is 2.60 bits per heavy atom. The summed E-state index contributed by atoms with van der Waals surface area (Å²) >= 11 is 7.55. The van der Waals surface area contributed by atoms with Crippen LogP contribution in [0, 0.1) is 0 Å². The summed E-state index contributed by atoms with van der Waals surface area (Å²) in [6.45, 7) is 0. The molecule has 6 nitrogen and oxygen atoms in total.